The molecule has 1 aromatic heterocycles. The number of hydrogen-bond acceptors (Lipinski definition) is 4. The average Bonchev–Trinajstić information content (AvgIpc) is 3.07. The number of nitrogens with zero attached hydrogens (tertiary/aromatic N) is 3. The fourth-order valence-electron chi connectivity index (χ4n) is 3.79. The molecule has 1 aliphatic rings. The van der Waals surface area contributed by atoms with Gasteiger partial charge in [0.25, 0.3) is 5.91 Å². The fraction of sp³-hybridized carbons (Fsp3) is 0.240. The molecule has 0 saturated carbocycles. The van der Waals surface area contributed by atoms with E-state index in [4.69, 9.17) is 0 Å². The summed E-state index contributed by atoms with van der Waals surface area (Å²) in [6.07, 6.45) is 2.50. The van der Waals surface area contributed by atoms with Crippen LogP contribution in [0.1, 0.15) is 22.3 Å². The molecule has 1 saturated heterocycles. The Kier molecular flexibility index (Phi) is 6.92. The lowest BCUT2D eigenvalue weighted by molar-refractivity contribution is -0.115. The second kappa shape index (κ2) is 10.2. The summed E-state index contributed by atoms with van der Waals surface area (Å²) in [5.74, 6) is -0.396. The van der Waals surface area contributed by atoms with E-state index in [1.807, 2.05) is 6.07 Å². The Morgan fingerprint density at radius 2 is 1.73 bits per heavy atom. The van der Waals surface area contributed by atoms with Gasteiger partial charge < -0.3 is 15.1 Å². The SMILES string of the molecule is O=C(Cc1ccc(F)cc1)Nc1ccc(N2CCCN(C(=O)c3cccc(F)c3)CC2)nc1. The number of anilines is 2. The molecule has 0 aliphatic carbocycles. The second-order valence-electron chi connectivity index (χ2n) is 7.90. The van der Waals surface area contributed by atoms with E-state index in [1.165, 1.54) is 30.3 Å². The molecule has 33 heavy (non-hydrogen) atoms. The van der Waals surface area contributed by atoms with Crippen LogP contribution >= 0.6 is 0 Å². The molecule has 2 heterocycles. The van der Waals surface area contributed by atoms with Crippen molar-refractivity contribution in [1.82, 2.24) is 9.88 Å². The minimum Gasteiger partial charge on any atom is -0.355 e. The van der Waals surface area contributed by atoms with E-state index >= 15 is 0 Å². The van der Waals surface area contributed by atoms with Gasteiger partial charge in [-0.3, -0.25) is 9.59 Å². The van der Waals surface area contributed by atoms with Crippen LogP contribution in [0.4, 0.5) is 20.3 Å². The summed E-state index contributed by atoms with van der Waals surface area (Å²) < 4.78 is 26.5. The first-order chi connectivity index (χ1) is 16.0. The summed E-state index contributed by atoms with van der Waals surface area (Å²) in [6.45, 7) is 2.43. The first-order valence-electron chi connectivity index (χ1n) is 10.8. The van der Waals surface area contributed by atoms with Gasteiger partial charge in [-0.15, -0.1) is 0 Å². The van der Waals surface area contributed by atoms with Gasteiger partial charge in [-0.25, -0.2) is 13.8 Å². The summed E-state index contributed by atoms with van der Waals surface area (Å²) in [7, 11) is 0. The molecule has 0 atom stereocenters. The van der Waals surface area contributed by atoms with Crippen LogP contribution in [0, 0.1) is 11.6 Å². The fourth-order valence-corrected chi connectivity index (χ4v) is 3.79. The van der Waals surface area contributed by atoms with E-state index in [-0.39, 0.29) is 24.1 Å². The quantitative estimate of drug-likeness (QED) is 0.641. The molecular weight excluding hydrogens is 426 g/mol. The number of benzene rings is 2. The molecular formula is C25H24F2N4O2. The molecule has 8 heteroatoms. The largest absolute Gasteiger partial charge is 0.355 e. The summed E-state index contributed by atoms with van der Waals surface area (Å²) in [6, 6.07) is 15.2. The molecule has 4 rings (SSSR count). The van der Waals surface area contributed by atoms with Gasteiger partial charge in [-0.1, -0.05) is 18.2 Å². The molecule has 6 nitrogen and oxygen atoms in total. The van der Waals surface area contributed by atoms with Crippen molar-refractivity contribution >= 4 is 23.3 Å². The van der Waals surface area contributed by atoms with Crippen LogP contribution in [0.3, 0.4) is 0 Å². The number of aromatic nitrogens is 1. The number of halogens is 2. The van der Waals surface area contributed by atoms with Crippen molar-refractivity contribution in [2.75, 3.05) is 36.4 Å². The number of rotatable bonds is 5. The van der Waals surface area contributed by atoms with E-state index in [0.717, 1.165) is 24.3 Å². The Labute approximate surface area is 190 Å². The van der Waals surface area contributed by atoms with Crippen LogP contribution in [-0.2, 0) is 11.2 Å². The van der Waals surface area contributed by atoms with E-state index in [9.17, 15) is 18.4 Å². The molecule has 2 amide bonds. The highest BCUT2D eigenvalue weighted by Gasteiger charge is 2.21. The van der Waals surface area contributed by atoms with Crippen molar-refractivity contribution in [3.05, 3.63) is 89.6 Å². The number of amides is 2. The van der Waals surface area contributed by atoms with Crippen molar-refractivity contribution in [3.8, 4) is 0 Å². The Hall–Kier alpha value is -3.81. The lowest BCUT2D eigenvalue weighted by atomic mass is 10.1. The maximum Gasteiger partial charge on any atom is 0.254 e. The highest BCUT2D eigenvalue weighted by atomic mass is 19.1. The minimum atomic E-state index is -0.425. The standard InChI is InChI=1S/C25H24F2N4O2/c26-20-7-5-18(6-8-20)15-24(32)29-22-9-10-23(28-17-22)30-11-2-12-31(14-13-30)25(33)19-3-1-4-21(27)16-19/h1,3-10,16-17H,2,11-15H2,(H,29,32). The number of pyridine rings is 1. The van der Waals surface area contributed by atoms with Gasteiger partial charge in [0.1, 0.15) is 17.5 Å². The molecule has 0 radical (unpaired) electrons. The van der Waals surface area contributed by atoms with Crippen molar-refractivity contribution in [2.45, 2.75) is 12.8 Å². The Bertz CT molecular complexity index is 1120. The number of carbonyl (C=O) groups excluding carboxylic acids is 2. The molecule has 1 aliphatic heterocycles. The maximum atomic E-state index is 13.5. The Morgan fingerprint density at radius 3 is 2.45 bits per heavy atom. The van der Waals surface area contributed by atoms with Crippen molar-refractivity contribution in [1.29, 1.82) is 0 Å². The monoisotopic (exact) mass is 450 g/mol. The van der Waals surface area contributed by atoms with Crippen molar-refractivity contribution < 1.29 is 18.4 Å². The minimum absolute atomic E-state index is 0.142. The van der Waals surface area contributed by atoms with Gasteiger partial charge in [0.05, 0.1) is 18.3 Å². The molecule has 3 aromatic rings. The van der Waals surface area contributed by atoms with Crippen molar-refractivity contribution in [3.63, 3.8) is 0 Å². The topological polar surface area (TPSA) is 65.5 Å². The molecule has 0 spiro atoms. The number of nitrogens with one attached hydrogen (secondary N) is 1. The van der Waals surface area contributed by atoms with E-state index < -0.39 is 5.82 Å². The van der Waals surface area contributed by atoms with Crippen LogP contribution < -0.4 is 10.2 Å². The van der Waals surface area contributed by atoms with Crippen LogP contribution in [0.2, 0.25) is 0 Å². The van der Waals surface area contributed by atoms with Gasteiger partial charge in [-0.05, 0) is 54.4 Å². The molecule has 0 unspecified atom stereocenters. The zero-order chi connectivity index (χ0) is 23.2. The summed E-state index contributed by atoms with van der Waals surface area (Å²) >= 11 is 0. The predicted molar refractivity (Wildman–Crippen MR) is 122 cm³/mol. The summed E-state index contributed by atoms with van der Waals surface area (Å²) in [5, 5.41) is 2.79. The van der Waals surface area contributed by atoms with Crippen LogP contribution in [0.25, 0.3) is 0 Å². The highest BCUT2D eigenvalue weighted by molar-refractivity contribution is 5.94. The molecule has 1 N–H and O–H groups in total. The second-order valence-corrected chi connectivity index (χ2v) is 7.90. The normalized spacial score (nSPS) is 14.0. The number of hydrogen-bond donors (Lipinski definition) is 1. The third kappa shape index (κ3) is 5.91. The third-order valence-corrected chi connectivity index (χ3v) is 5.49. The molecule has 2 aromatic carbocycles. The van der Waals surface area contributed by atoms with Gasteiger partial charge >= 0.3 is 0 Å². The van der Waals surface area contributed by atoms with Gasteiger partial charge in [0, 0.05) is 31.7 Å². The number of carbonyl (C=O) groups is 2. The zero-order valence-corrected chi connectivity index (χ0v) is 18.0. The maximum absolute atomic E-state index is 13.5. The van der Waals surface area contributed by atoms with Crippen LogP contribution in [0.15, 0.2) is 66.9 Å². The lowest BCUT2D eigenvalue weighted by Gasteiger charge is -2.23. The van der Waals surface area contributed by atoms with Crippen molar-refractivity contribution in [2.24, 2.45) is 0 Å². The lowest BCUT2D eigenvalue weighted by Crippen LogP contribution is -2.35. The molecule has 1 fully saturated rings. The van der Waals surface area contributed by atoms with Gasteiger partial charge in [0.2, 0.25) is 5.91 Å². The first-order valence-corrected chi connectivity index (χ1v) is 10.8. The molecule has 0 bridgehead atoms. The predicted octanol–water partition coefficient (Wildman–Crippen LogP) is 3.89. The van der Waals surface area contributed by atoms with Gasteiger partial charge in [-0.2, -0.15) is 0 Å². The van der Waals surface area contributed by atoms with E-state index in [1.54, 1.807) is 35.4 Å². The highest BCUT2D eigenvalue weighted by Crippen LogP contribution is 2.18. The van der Waals surface area contributed by atoms with Crippen LogP contribution in [0.5, 0.6) is 0 Å². The first kappa shape index (κ1) is 22.4. The van der Waals surface area contributed by atoms with E-state index in [2.05, 4.69) is 15.2 Å². The molecule has 170 valence electrons. The van der Waals surface area contributed by atoms with Crippen LogP contribution in [-0.4, -0.2) is 47.9 Å². The Balaban J connectivity index is 1.32. The average molecular weight is 450 g/mol. The zero-order valence-electron chi connectivity index (χ0n) is 18.0. The van der Waals surface area contributed by atoms with E-state index in [0.29, 0.717) is 30.9 Å². The Morgan fingerprint density at radius 1 is 0.909 bits per heavy atom. The third-order valence-electron chi connectivity index (χ3n) is 5.49. The summed E-state index contributed by atoms with van der Waals surface area (Å²) in [4.78, 5) is 33.2. The van der Waals surface area contributed by atoms with Gasteiger partial charge in [0.15, 0.2) is 0 Å². The smallest absolute Gasteiger partial charge is 0.254 e. The summed E-state index contributed by atoms with van der Waals surface area (Å²) in [5.41, 5.74) is 1.64.